The Labute approximate surface area is 266 Å². The summed E-state index contributed by atoms with van der Waals surface area (Å²) in [5.41, 5.74) is 1.21. The number of hydrogen-bond donors (Lipinski definition) is 2. The van der Waals surface area contributed by atoms with E-state index < -0.39 is 18.1 Å². The molecular formula is C36H50N4O5. The second kappa shape index (κ2) is 18.3. The van der Waals surface area contributed by atoms with Crippen LogP contribution in [0.2, 0.25) is 0 Å². The van der Waals surface area contributed by atoms with Crippen molar-refractivity contribution in [1.82, 2.24) is 9.55 Å². The zero-order valence-electron chi connectivity index (χ0n) is 26.6. The quantitative estimate of drug-likeness (QED) is 0.149. The van der Waals surface area contributed by atoms with Crippen molar-refractivity contribution in [3.8, 4) is 0 Å². The van der Waals surface area contributed by atoms with Crippen LogP contribution in [0.3, 0.4) is 0 Å². The molecule has 2 aromatic heterocycles. The van der Waals surface area contributed by atoms with Crippen molar-refractivity contribution in [1.29, 1.82) is 0 Å². The second-order valence-electron chi connectivity index (χ2n) is 12.4. The number of rotatable bonds is 19. The third kappa shape index (κ3) is 10.4. The van der Waals surface area contributed by atoms with E-state index in [2.05, 4.69) is 22.0 Å². The fraction of sp³-hybridized carbons (Fsp3) is 0.556. The summed E-state index contributed by atoms with van der Waals surface area (Å²) in [6.07, 6.45) is 20.6. The van der Waals surface area contributed by atoms with Gasteiger partial charge in [-0.25, -0.2) is 0 Å². The molecule has 45 heavy (non-hydrogen) atoms. The fourth-order valence-electron chi connectivity index (χ4n) is 6.43. The highest BCUT2D eigenvalue weighted by Crippen LogP contribution is 2.31. The van der Waals surface area contributed by atoms with Crippen molar-refractivity contribution >= 4 is 34.0 Å². The molecule has 0 unspecified atom stereocenters. The van der Waals surface area contributed by atoms with Gasteiger partial charge >= 0.3 is 5.97 Å². The lowest BCUT2D eigenvalue weighted by molar-refractivity contribution is -0.137. The summed E-state index contributed by atoms with van der Waals surface area (Å²) in [6.45, 7) is 1.83. The van der Waals surface area contributed by atoms with Gasteiger partial charge in [-0.1, -0.05) is 88.5 Å². The normalized spacial score (nSPS) is 15.0. The van der Waals surface area contributed by atoms with E-state index in [1.807, 2.05) is 24.5 Å². The summed E-state index contributed by atoms with van der Waals surface area (Å²) in [6, 6.07) is 11.2. The van der Waals surface area contributed by atoms with Gasteiger partial charge in [0.25, 0.3) is 5.56 Å². The molecule has 0 saturated carbocycles. The Kier molecular flexibility index (Phi) is 13.9. The van der Waals surface area contributed by atoms with E-state index in [0.29, 0.717) is 25.4 Å². The van der Waals surface area contributed by atoms with Gasteiger partial charge in [-0.05, 0) is 31.7 Å². The number of amides is 1. The third-order valence-electron chi connectivity index (χ3n) is 8.90. The number of hydrogen-bond acceptors (Lipinski definition) is 6. The first-order valence-corrected chi connectivity index (χ1v) is 16.9. The number of benzene rings is 1. The van der Waals surface area contributed by atoms with Crippen molar-refractivity contribution in [2.45, 2.75) is 96.4 Å². The first-order valence-electron chi connectivity index (χ1n) is 16.9. The van der Waals surface area contributed by atoms with Gasteiger partial charge in [-0.3, -0.25) is 19.4 Å². The van der Waals surface area contributed by atoms with E-state index in [4.69, 9.17) is 5.11 Å². The lowest BCUT2D eigenvalue weighted by atomic mass is 9.95. The van der Waals surface area contributed by atoms with Gasteiger partial charge in [-0.2, -0.15) is 0 Å². The van der Waals surface area contributed by atoms with Gasteiger partial charge in [0.2, 0.25) is 5.91 Å². The Morgan fingerprint density at radius 2 is 1.53 bits per heavy atom. The van der Waals surface area contributed by atoms with Crippen LogP contribution in [-0.4, -0.2) is 57.9 Å². The maximum absolute atomic E-state index is 14.2. The number of fused-ring (bicyclic) bond motifs is 1. The maximum Gasteiger partial charge on any atom is 0.323 e. The smallest absolute Gasteiger partial charge is 0.323 e. The molecule has 9 nitrogen and oxygen atoms in total. The highest BCUT2D eigenvalue weighted by Gasteiger charge is 2.31. The molecular weight excluding hydrogens is 568 g/mol. The van der Waals surface area contributed by atoms with Gasteiger partial charge in [-0.15, -0.1) is 0 Å². The van der Waals surface area contributed by atoms with Crippen LogP contribution in [0.1, 0.15) is 89.9 Å². The largest absolute Gasteiger partial charge is 0.480 e. The number of carbonyl (C=O) groups excluding carboxylic acids is 1. The van der Waals surface area contributed by atoms with Gasteiger partial charge < -0.3 is 24.6 Å². The predicted molar refractivity (Wildman–Crippen MR) is 180 cm³/mol. The van der Waals surface area contributed by atoms with Gasteiger partial charge in [0.15, 0.2) is 0 Å². The van der Waals surface area contributed by atoms with Crippen LogP contribution in [-0.2, 0) is 16.1 Å². The minimum absolute atomic E-state index is 0.0207. The molecule has 3 aromatic rings. The second-order valence-corrected chi connectivity index (χ2v) is 12.4. The number of aliphatic carboxylic acids is 1. The molecule has 1 aromatic carbocycles. The van der Waals surface area contributed by atoms with Crippen molar-refractivity contribution < 1.29 is 19.8 Å². The number of carbonyl (C=O) groups is 2. The van der Waals surface area contributed by atoms with Crippen LogP contribution in [0, 0.1) is 5.92 Å². The molecule has 0 aliphatic carbocycles. The van der Waals surface area contributed by atoms with Crippen molar-refractivity contribution in [2.24, 2.45) is 5.92 Å². The first kappa shape index (κ1) is 34.2. The molecule has 1 atom stereocenters. The number of nitrogens with zero attached hydrogens (tertiary/aromatic N) is 4. The van der Waals surface area contributed by atoms with E-state index in [1.165, 1.54) is 61.8 Å². The highest BCUT2D eigenvalue weighted by molar-refractivity contribution is 5.96. The van der Waals surface area contributed by atoms with E-state index in [1.54, 1.807) is 11.0 Å². The summed E-state index contributed by atoms with van der Waals surface area (Å²) in [7, 11) is 0. The minimum atomic E-state index is -1.10. The summed E-state index contributed by atoms with van der Waals surface area (Å²) in [5.74, 6) is -1.30. The number of carboxylic acids is 1. The Balaban J connectivity index is 1.36. The van der Waals surface area contributed by atoms with E-state index in [0.717, 1.165) is 68.0 Å². The summed E-state index contributed by atoms with van der Waals surface area (Å²) >= 11 is 0. The number of aliphatic hydroxyl groups is 1. The van der Waals surface area contributed by atoms with Crippen LogP contribution in [0.4, 0.5) is 11.4 Å². The first-order chi connectivity index (χ1) is 22.0. The number of aromatic nitrogens is 2. The molecule has 0 bridgehead atoms. The topological polar surface area (TPSA) is 116 Å². The molecule has 1 fully saturated rings. The molecule has 0 radical (unpaired) electrons. The Hall–Kier alpha value is -3.72. The lowest BCUT2D eigenvalue weighted by Crippen LogP contribution is -2.45. The third-order valence-corrected chi connectivity index (χ3v) is 8.90. The number of carboxylic acid groups (broad SMARTS) is 1. The molecule has 1 amide bonds. The average molecular weight is 619 g/mol. The number of aliphatic hydroxyl groups excluding tert-OH is 1. The standard InChI is InChI=1S/C36H50N4O5/c41-23-14-10-8-6-4-2-1-3-5-7-9-13-22-40(31-19-20-34(42)39(27-31)28-35(43)44)36(45)30-17-15-21-38(26-30)33-25-37-24-29-16-11-12-18-32(29)33/h11-12,16,18-20,24-25,27,30,41H,1-10,13-15,17,21-23,26,28H2,(H,43,44)/t30-/m0/s1. The van der Waals surface area contributed by atoms with Crippen LogP contribution in [0.15, 0.2) is 59.8 Å². The van der Waals surface area contributed by atoms with E-state index in [9.17, 15) is 19.5 Å². The molecule has 1 saturated heterocycles. The summed E-state index contributed by atoms with van der Waals surface area (Å²) in [5, 5.41) is 20.4. The van der Waals surface area contributed by atoms with Crippen molar-refractivity contribution in [3.63, 3.8) is 0 Å². The molecule has 0 spiro atoms. The number of pyridine rings is 2. The molecule has 1 aliphatic rings. The lowest BCUT2D eigenvalue weighted by Gasteiger charge is -2.36. The van der Waals surface area contributed by atoms with E-state index >= 15 is 0 Å². The summed E-state index contributed by atoms with van der Waals surface area (Å²) < 4.78 is 1.17. The Morgan fingerprint density at radius 1 is 0.867 bits per heavy atom. The van der Waals surface area contributed by atoms with Crippen molar-refractivity contribution in [3.05, 3.63) is 65.3 Å². The molecule has 244 valence electrons. The van der Waals surface area contributed by atoms with Crippen LogP contribution in [0.5, 0.6) is 0 Å². The maximum atomic E-state index is 14.2. The van der Waals surface area contributed by atoms with E-state index in [-0.39, 0.29) is 11.8 Å². The van der Waals surface area contributed by atoms with Gasteiger partial charge in [0.05, 0.1) is 23.5 Å². The molecule has 2 N–H and O–H groups in total. The number of unbranched alkanes of at least 4 members (excludes halogenated alkanes) is 11. The summed E-state index contributed by atoms with van der Waals surface area (Å²) in [4.78, 5) is 46.4. The van der Waals surface area contributed by atoms with Gasteiger partial charge in [0.1, 0.15) is 6.54 Å². The Bertz CT molecular complexity index is 1420. The fourth-order valence-corrected chi connectivity index (χ4v) is 6.43. The SMILES string of the molecule is O=C(O)Cn1cc(N(CCCCCCCCCCCCCCO)C(=O)[C@H]2CCCN(c3cncc4ccccc34)C2)ccc1=O. The van der Waals surface area contributed by atoms with Crippen LogP contribution in [0.25, 0.3) is 10.8 Å². The van der Waals surface area contributed by atoms with Crippen LogP contribution >= 0.6 is 0 Å². The molecule has 4 rings (SSSR count). The Morgan fingerprint density at radius 3 is 2.22 bits per heavy atom. The zero-order valence-corrected chi connectivity index (χ0v) is 26.6. The van der Waals surface area contributed by atoms with Crippen LogP contribution < -0.4 is 15.4 Å². The van der Waals surface area contributed by atoms with Crippen molar-refractivity contribution in [2.75, 3.05) is 36.0 Å². The van der Waals surface area contributed by atoms with Gasteiger partial charge in [0, 0.05) is 55.5 Å². The predicted octanol–water partition coefficient (Wildman–Crippen LogP) is 6.40. The molecule has 1 aliphatic heterocycles. The zero-order chi connectivity index (χ0) is 31.9. The average Bonchev–Trinajstić information content (AvgIpc) is 3.05. The number of piperidine rings is 1. The highest BCUT2D eigenvalue weighted by atomic mass is 16.4. The number of anilines is 2. The molecule has 3 heterocycles. The molecule has 9 heteroatoms. The monoisotopic (exact) mass is 618 g/mol. The minimum Gasteiger partial charge on any atom is -0.480 e.